The zero-order valence-corrected chi connectivity index (χ0v) is 7.23. The summed E-state index contributed by atoms with van der Waals surface area (Å²) in [6, 6.07) is 0. The summed E-state index contributed by atoms with van der Waals surface area (Å²) in [4.78, 5) is 0. The van der Waals surface area contributed by atoms with Gasteiger partial charge in [0.2, 0.25) is 0 Å². The predicted molar refractivity (Wildman–Crippen MR) is 50.8 cm³/mol. The molecule has 0 aromatic carbocycles. The Labute approximate surface area is 71.2 Å². The van der Waals surface area contributed by atoms with Crippen LogP contribution in [0.15, 0.2) is 15.3 Å². The van der Waals surface area contributed by atoms with Gasteiger partial charge in [0.1, 0.15) is 0 Å². The molecule has 0 fully saturated rings. The van der Waals surface area contributed by atoms with Crippen molar-refractivity contribution in [3.63, 3.8) is 0 Å². The second kappa shape index (κ2) is 5.11. The summed E-state index contributed by atoms with van der Waals surface area (Å²) in [7, 11) is 0. The van der Waals surface area contributed by atoms with Crippen LogP contribution in [0.5, 0.6) is 0 Å². The van der Waals surface area contributed by atoms with Crippen LogP contribution in [0.25, 0.3) is 0 Å². The van der Waals surface area contributed by atoms with Crippen LogP contribution in [0.2, 0.25) is 0 Å². The third-order valence-corrected chi connectivity index (χ3v) is 1.54. The summed E-state index contributed by atoms with van der Waals surface area (Å²) in [6.07, 6.45) is 1.48. The topological polar surface area (TPSA) is 115 Å². The molecule has 12 heavy (non-hydrogen) atoms. The van der Waals surface area contributed by atoms with Crippen LogP contribution >= 0.6 is 0 Å². The molecule has 0 aliphatic heterocycles. The van der Waals surface area contributed by atoms with Crippen LogP contribution in [-0.2, 0) is 0 Å². The molecule has 0 rings (SSSR count). The van der Waals surface area contributed by atoms with E-state index in [1.807, 2.05) is 0 Å². The molecule has 0 saturated carbocycles. The number of hydrazone groups is 3. The smallest absolute Gasteiger partial charge is 0.0757 e. The summed E-state index contributed by atoms with van der Waals surface area (Å²) < 4.78 is 0. The molecule has 68 valence electrons. The molecule has 0 heterocycles. The van der Waals surface area contributed by atoms with Gasteiger partial charge in [0.15, 0.2) is 0 Å². The molecule has 6 heteroatoms. The average Bonchev–Trinajstić information content (AvgIpc) is 2.11. The summed E-state index contributed by atoms with van der Waals surface area (Å²) >= 11 is 0. The minimum absolute atomic E-state index is 0.204. The quantitative estimate of drug-likeness (QED) is 0.293. The fourth-order valence-corrected chi connectivity index (χ4v) is 0.765. The molecule has 0 aromatic heterocycles. The lowest BCUT2D eigenvalue weighted by atomic mass is 10.0. The molecule has 6 nitrogen and oxygen atoms in total. The van der Waals surface area contributed by atoms with E-state index in [9.17, 15) is 0 Å². The molecular weight excluding hydrogens is 156 g/mol. The normalized spacial score (nSPS) is 16.8. The molecule has 0 spiro atoms. The molecule has 6 N–H and O–H groups in total. The lowest BCUT2D eigenvalue weighted by Crippen LogP contribution is -2.24. The van der Waals surface area contributed by atoms with Gasteiger partial charge >= 0.3 is 0 Å². The number of nitrogens with two attached hydrogens (primary N) is 3. The highest BCUT2D eigenvalue weighted by Gasteiger charge is 2.12. The van der Waals surface area contributed by atoms with Gasteiger partial charge in [-0.3, -0.25) is 0 Å². The largest absolute Gasteiger partial charge is 0.324 e. The second-order valence-corrected chi connectivity index (χ2v) is 2.32. The van der Waals surface area contributed by atoms with E-state index in [4.69, 9.17) is 17.5 Å². The summed E-state index contributed by atoms with van der Waals surface area (Å²) in [5.41, 5.74) is 1.33. The van der Waals surface area contributed by atoms with Crippen LogP contribution in [0.4, 0.5) is 0 Å². The molecule has 0 aliphatic rings. The van der Waals surface area contributed by atoms with Gasteiger partial charge in [0.25, 0.3) is 0 Å². The molecule has 0 aromatic rings. The van der Waals surface area contributed by atoms with Gasteiger partial charge in [-0.2, -0.15) is 15.3 Å². The van der Waals surface area contributed by atoms with Crippen molar-refractivity contribution in [3.8, 4) is 0 Å². The lowest BCUT2D eigenvalue weighted by Gasteiger charge is -2.08. The zero-order valence-electron chi connectivity index (χ0n) is 7.23. The minimum atomic E-state index is -0.204. The van der Waals surface area contributed by atoms with Gasteiger partial charge in [0, 0.05) is 17.6 Å². The zero-order chi connectivity index (χ0) is 9.56. The van der Waals surface area contributed by atoms with Crippen LogP contribution in [0.3, 0.4) is 0 Å². The monoisotopic (exact) mass is 170 g/mol. The number of hydrogen-bond donors (Lipinski definition) is 3. The Hall–Kier alpha value is -1.59. The van der Waals surface area contributed by atoms with E-state index in [1.54, 1.807) is 13.8 Å². The Morgan fingerprint density at radius 2 is 1.50 bits per heavy atom. The van der Waals surface area contributed by atoms with Crippen molar-refractivity contribution in [1.29, 1.82) is 0 Å². The highest BCUT2D eigenvalue weighted by molar-refractivity contribution is 6.16. The first-order valence-corrected chi connectivity index (χ1v) is 3.39. The van der Waals surface area contributed by atoms with Gasteiger partial charge in [-0.15, -0.1) is 0 Å². The standard InChI is InChI=1S/C6H14N6/c1-4(11-8)6(3-10-7)5(2)12-9/h3,6H,7-9H2,1-2H3/b10-3+,11-4-,12-5+. The van der Waals surface area contributed by atoms with Crippen molar-refractivity contribution in [2.45, 2.75) is 13.8 Å². The number of nitrogens with zero attached hydrogens (tertiary/aromatic N) is 3. The van der Waals surface area contributed by atoms with Gasteiger partial charge in [-0.25, -0.2) is 0 Å². The van der Waals surface area contributed by atoms with Crippen LogP contribution in [0.1, 0.15) is 13.8 Å². The Balaban J connectivity index is 4.67. The van der Waals surface area contributed by atoms with Gasteiger partial charge < -0.3 is 17.5 Å². The van der Waals surface area contributed by atoms with Crippen LogP contribution in [0, 0.1) is 5.92 Å². The Bertz CT molecular complexity index is 198. The molecule has 1 unspecified atom stereocenters. The predicted octanol–water partition coefficient (Wildman–Crippen LogP) is -0.784. The maximum atomic E-state index is 5.09. The van der Waals surface area contributed by atoms with Crippen molar-refractivity contribution in [2.75, 3.05) is 0 Å². The van der Waals surface area contributed by atoms with E-state index in [-0.39, 0.29) is 5.92 Å². The minimum Gasteiger partial charge on any atom is -0.324 e. The van der Waals surface area contributed by atoms with Crippen molar-refractivity contribution >= 4 is 17.6 Å². The molecule has 0 bridgehead atoms. The summed E-state index contributed by atoms with van der Waals surface area (Å²) in [6.45, 7) is 3.50. The van der Waals surface area contributed by atoms with Gasteiger partial charge in [-0.1, -0.05) is 0 Å². The third-order valence-electron chi connectivity index (χ3n) is 1.54. The van der Waals surface area contributed by atoms with Crippen molar-refractivity contribution in [2.24, 2.45) is 38.8 Å². The SMILES string of the molecule is C/C(=N/N)C(/C=N/N)/C(C)=N/N. The molecule has 0 amide bonds. The molecular formula is C6H14N6. The van der Waals surface area contributed by atoms with Crippen molar-refractivity contribution in [3.05, 3.63) is 0 Å². The molecule has 0 saturated heterocycles. The van der Waals surface area contributed by atoms with E-state index in [0.29, 0.717) is 11.4 Å². The summed E-state index contributed by atoms with van der Waals surface area (Å²) in [5, 5.41) is 10.4. The first-order chi connectivity index (χ1) is 5.67. The third kappa shape index (κ3) is 2.57. The molecule has 1 atom stereocenters. The first-order valence-electron chi connectivity index (χ1n) is 3.39. The second-order valence-electron chi connectivity index (χ2n) is 2.32. The van der Waals surface area contributed by atoms with E-state index in [1.165, 1.54) is 6.21 Å². The van der Waals surface area contributed by atoms with E-state index >= 15 is 0 Å². The lowest BCUT2D eigenvalue weighted by molar-refractivity contribution is 1.11. The highest BCUT2D eigenvalue weighted by Crippen LogP contribution is 1.99. The Kier molecular flexibility index (Phi) is 4.43. The van der Waals surface area contributed by atoms with E-state index < -0.39 is 0 Å². The molecule has 0 aliphatic carbocycles. The van der Waals surface area contributed by atoms with E-state index in [0.717, 1.165) is 0 Å². The Morgan fingerprint density at radius 1 is 1.08 bits per heavy atom. The Morgan fingerprint density at radius 3 is 1.75 bits per heavy atom. The van der Waals surface area contributed by atoms with Gasteiger partial charge in [-0.05, 0) is 13.8 Å². The van der Waals surface area contributed by atoms with Crippen molar-refractivity contribution < 1.29 is 0 Å². The van der Waals surface area contributed by atoms with Crippen molar-refractivity contribution in [1.82, 2.24) is 0 Å². The van der Waals surface area contributed by atoms with E-state index in [2.05, 4.69) is 15.3 Å². The van der Waals surface area contributed by atoms with Crippen LogP contribution in [-0.4, -0.2) is 17.6 Å². The fourth-order valence-electron chi connectivity index (χ4n) is 0.765. The fraction of sp³-hybridized carbons (Fsp3) is 0.500. The number of rotatable bonds is 3. The summed E-state index contributed by atoms with van der Waals surface area (Å²) in [5.74, 6) is 15.0. The number of hydrogen-bond acceptors (Lipinski definition) is 6. The highest BCUT2D eigenvalue weighted by atomic mass is 15.2. The van der Waals surface area contributed by atoms with Gasteiger partial charge in [0.05, 0.1) is 5.92 Å². The molecule has 0 radical (unpaired) electrons. The average molecular weight is 170 g/mol. The first kappa shape index (κ1) is 10.4. The van der Waals surface area contributed by atoms with Crippen LogP contribution < -0.4 is 17.5 Å². The maximum Gasteiger partial charge on any atom is 0.0757 e. The maximum absolute atomic E-state index is 5.09.